The number of sulfonamides is 1. The number of hydrogen-bond donors (Lipinski definition) is 1. The third-order valence-electron chi connectivity index (χ3n) is 4.11. The number of Topliss-reactive ketones (excluding diaryl/α,β-unsaturated/α-hetero) is 1. The molecule has 6 heteroatoms. The van der Waals surface area contributed by atoms with Gasteiger partial charge in [-0.3, -0.25) is 4.79 Å². The molecular formula is C18H24N2O3S. The van der Waals surface area contributed by atoms with Crippen LogP contribution in [0.1, 0.15) is 54.1 Å². The number of benzene rings is 1. The van der Waals surface area contributed by atoms with Gasteiger partial charge in [-0.1, -0.05) is 12.1 Å². The molecule has 0 radical (unpaired) electrons. The second-order valence-electron chi connectivity index (χ2n) is 6.27. The lowest BCUT2D eigenvalue weighted by atomic mass is 10.2. The quantitative estimate of drug-likeness (QED) is 0.814. The summed E-state index contributed by atoms with van der Waals surface area (Å²) in [5.74, 6) is -0.160. The Kier molecular flexibility index (Phi) is 5.30. The van der Waals surface area contributed by atoms with E-state index >= 15 is 0 Å². The van der Waals surface area contributed by atoms with E-state index in [0.717, 1.165) is 17.0 Å². The summed E-state index contributed by atoms with van der Waals surface area (Å²) in [6.45, 7) is 9.84. The topological polar surface area (TPSA) is 68.2 Å². The van der Waals surface area contributed by atoms with Crippen molar-refractivity contribution in [2.75, 3.05) is 0 Å². The van der Waals surface area contributed by atoms with Crippen LogP contribution in [0.15, 0.2) is 35.2 Å². The number of aromatic nitrogens is 1. The van der Waals surface area contributed by atoms with Gasteiger partial charge >= 0.3 is 0 Å². The van der Waals surface area contributed by atoms with Gasteiger partial charge in [0.2, 0.25) is 10.0 Å². The lowest BCUT2D eigenvalue weighted by Gasteiger charge is -2.14. The SMILES string of the molecule is CC(=O)c1cccc(S(=O)(=O)NCc2cc(C)n(C(C)C)c2C)c1. The van der Waals surface area contributed by atoms with Crippen molar-refractivity contribution >= 4 is 15.8 Å². The van der Waals surface area contributed by atoms with Crippen LogP contribution in [-0.2, 0) is 16.6 Å². The molecule has 0 fully saturated rings. The monoisotopic (exact) mass is 348 g/mol. The normalized spacial score (nSPS) is 11.9. The fraction of sp³-hybridized carbons (Fsp3) is 0.389. The molecule has 0 aliphatic heterocycles. The van der Waals surface area contributed by atoms with Crippen LogP contribution in [0.4, 0.5) is 0 Å². The molecule has 5 nitrogen and oxygen atoms in total. The highest BCUT2D eigenvalue weighted by Gasteiger charge is 2.17. The first-order chi connectivity index (χ1) is 11.1. The molecule has 0 saturated heterocycles. The van der Waals surface area contributed by atoms with Crippen LogP contribution in [0.5, 0.6) is 0 Å². The molecule has 130 valence electrons. The van der Waals surface area contributed by atoms with Gasteiger partial charge in [0.05, 0.1) is 4.90 Å². The molecular weight excluding hydrogens is 324 g/mol. The molecule has 0 atom stereocenters. The van der Waals surface area contributed by atoms with Crippen LogP contribution in [0, 0.1) is 13.8 Å². The maximum Gasteiger partial charge on any atom is 0.240 e. The highest BCUT2D eigenvalue weighted by molar-refractivity contribution is 7.89. The summed E-state index contributed by atoms with van der Waals surface area (Å²) in [5.41, 5.74) is 3.50. The summed E-state index contributed by atoms with van der Waals surface area (Å²) in [7, 11) is -3.67. The van der Waals surface area contributed by atoms with Crippen molar-refractivity contribution < 1.29 is 13.2 Å². The second-order valence-corrected chi connectivity index (χ2v) is 8.04. The molecule has 2 aromatic rings. The van der Waals surface area contributed by atoms with E-state index in [1.807, 2.05) is 19.9 Å². The van der Waals surface area contributed by atoms with E-state index in [1.54, 1.807) is 12.1 Å². The Morgan fingerprint density at radius 2 is 1.88 bits per heavy atom. The van der Waals surface area contributed by atoms with Gasteiger partial charge in [0.1, 0.15) is 0 Å². The van der Waals surface area contributed by atoms with Gasteiger partial charge in [-0.25, -0.2) is 13.1 Å². The van der Waals surface area contributed by atoms with E-state index in [2.05, 4.69) is 23.1 Å². The van der Waals surface area contributed by atoms with E-state index in [9.17, 15) is 13.2 Å². The average molecular weight is 348 g/mol. The second kappa shape index (κ2) is 6.91. The number of aryl methyl sites for hydroxylation is 1. The van der Waals surface area contributed by atoms with Crippen LogP contribution < -0.4 is 4.72 Å². The fourth-order valence-corrected chi connectivity index (χ4v) is 4.01. The highest BCUT2D eigenvalue weighted by atomic mass is 32.2. The van der Waals surface area contributed by atoms with Crippen LogP contribution in [0.2, 0.25) is 0 Å². The van der Waals surface area contributed by atoms with Crippen molar-refractivity contribution in [3.63, 3.8) is 0 Å². The fourth-order valence-electron chi connectivity index (χ4n) is 2.96. The number of nitrogens with zero attached hydrogens (tertiary/aromatic N) is 1. The van der Waals surface area contributed by atoms with E-state index in [1.165, 1.54) is 19.1 Å². The zero-order valence-corrected chi connectivity index (χ0v) is 15.6. The lowest BCUT2D eigenvalue weighted by molar-refractivity contribution is 0.101. The van der Waals surface area contributed by atoms with Gasteiger partial charge < -0.3 is 4.57 Å². The largest absolute Gasteiger partial charge is 0.346 e. The first kappa shape index (κ1) is 18.4. The first-order valence-electron chi connectivity index (χ1n) is 7.91. The Balaban J connectivity index is 2.24. The van der Waals surface area contributed by atoms with Crippen molar-refractivity contribution in [1.82, 2.24) is 9.29 Å². The maximum absolute atomic E-state index is 12.5. The summed E-state index contributed by atoms with van der Waals surface area (Å²) in [6.07, 6.45) is 0. The Labute approximate surface area is 143 Å². The number of carbonyl (C=O) groups excluding carboxylic acids is 1. The molecule has 1 heterocycles. The third kappa shape index (κ3) is 3.76. The number of carbonyl (C=O) groups is 1. The highest BCUT2D eigenvalue weighted by Crippen LogP contribution is 2.21. The Hall–Kier alpha value is -1.92. The van der Waals surface area contributed by atoms with E-state index < -0.39 is 10.0 Å². The van der Waals surface area contributed by atoms with Crippen molar-refractivity contribution in [3.8, 4) is 0 Å². The smallest absolute Gasteiger partial charge is 0.240 e. The summed E-state index contributed by atoms with van der Waals surface area (Å²) in [4.78, 5) is 11.5. The molecule has 0 spiro atoms. The van der Waals surface area contributed by atoms with Crippen molar-refractivity contribution in [1.29, 1.82) is 0 Å². The third-order valence-corrected chi connectivity index (χ3v) is 5.51. The Morgan fingerprint density at radius 3 is 2.42 bits per heavy atom. The molecule has 1 N–H and O–H groups in total. The van der Waals surface area contributed by atoms with Gasteiger partial charge in [-0.2, -0.15) is 0 Å². The van der Waals surface area contributed by atoms with Crippen LogP contribution in [0.3, 0.4) is 0 Å². The standard InChI is InChI=1S/C18H24N2O3S/c1-12(2)20-13(3)9-17(14(20)4)11-19-24(22,23)18-8-6-7-16(10-18)15(5)21/h6-10,12,19H,11H2,1-5H3. The van der Waals surface area contributed by atoms with Crippen molar-refractivity contribution in [3.05, 3.63) is 52.8 Å². The molecule has 0 unspecified atom stereocenters. The summed E-state index contributed by atoms with van der Waals surface area (Å²) in [6, 6.07) is 8.41. The number of ketones is 1. The van der Waals surface area contributed by atoms with E-state index in [4.69, 9.17) is 0 Å². The Morgan fingerprint density at radius 1 is 1.21 bits per heavy atom. The number of rotatable bonds is 6. The predicted molar refractivity (Wildman–Crippen MR) is 94.8 cm³/mol. The van der Waals surface area contributed by atoms with E-state index in [-0.39, 0.29) is 17.2 Å². The van der Waals surface area contributed by atoms with Gasteiger partial charge in [-0.05, 0) is 58.4 Å². The minimum Gasteiger partial charge on any atom is -0.346 e. The Bertz CT molecular complexity index is 864. The van der Waals surface area contributed by atoms with E-state index in [0.29, 0.717) is 11.6 Å². The van der Waals surface area contributed by atoms with Crippen molar-refractivity contribution in [2.24, 2.45) is 0 Å². The van der Waals surface area contributed by atoms with Gasteiger partial charge in [0.15, 0.2) is 5.78 Å². The van der Waals surface area contributed by atoms with Crippen molar-refractivity contribution in [2.45, 2.75) is 52.1 Å². The average Bonchev–Trinajstić information content (AvgIpc) is 2.79. The molecule has 0 bridgehead atoms. The summed E-state index contributed by atoms with van der Waals surface area (Å²) >= 11 is 0. The minimum atomic E-state index is -3.67. The molecule has 2 rings (SSSR count). The molecule has 0 aliphatic carbocycles. The minimum absolute atomic E-state index is 0.105. The van der Waals surface area contributed by atoms with Crippen LogP contribution in [-0.4, -0.2) is 18.8 Å². The van der Waals surface area contributed by atoms with Crippen LogP contribution >= 0.6 is 0 Å². The lowest BCUT2D eigenvalue weighted by Crippen LogP contribution is -2.23. The number of hydrogen-bond acceptors (Lipinski definition) is 3. The first-order valence-corrected chi connectivity index (χ1v) is 9.39. The molecule has 1 aromatic heterocycles. The van der Waals surface area contributed by atoms with Gasteiger partial charge in [-0.15, -0.1) is 0 Å². The predicted octanol–water partition coefficient (Wildman–Crippen LogP) is 3.37. The zero-order valence-electron chi connectivity index (χ0n) is 14.8. The molecule has 1 aromatic carbocycles. The molecule has 0 saturated carbocycles. The molecule has 0 aliphatic rings. The zero-order chi connectivity index (χ0) is 18.1. The molecule has 24 heavy (non-hydrogen) atoms. The molecule has 0 amide bonds. The van der Waals surface area contributed by atoms with Crippen LogP contribution in [0.25, 0.3) is 0 Å². The number of nitrogens with one attached hydrogen (secondary N) is 1. The summed E-state index contributed by atoms with van der Waals surface area (Å²) in [5, 5.41) is 0. The maximum atomic E-state index is 12.5. The summed E-state index contributed by atoms with van der Waals surface area (Å²) < 4.78 is 29.8. The van der Waals surface area contributed by atoms with Gasteiger partial charge in [0.25, 0.3) is 0 Å². The van der Waals surface area contributed by atoms with Gasteiger partial charge in [0, 0.05) is 29.5 Å².